The molecule has 10 heteroatoms. The maximum atomic E-state index is 14.5. The van der Waals surface area contributed by atoms with Crippen LogP contribution < -0.4 is 15.3 Å². The minimum Gasteiger partial charge on any atom is -0.371 e. The second kappa shape index (κ2) is 11.6. The Morgan fingerprint density at radius 2 is 1.70 bits per heavy atom. The van der Waals surface area contributed by atoms with Crippen molar-refractivity contribution < 1.29 is 13.6 Å². The first-order valence-corrected chi connectivity index (χ1v) is 14.2. The lowest BCUT2D eigenvalue weighted by molar-refractivity contribution is 0.0982. The number of hydroxylamine groups is 1. The van der Waals surface area contributed by atoms with Crippen LogP contribution in [0.2, 0.25) is 0 Å². The first-order chi connectivity index (χ1) is 19.4. The standard InChI is InChI=1S/C30H37F2N7O/c1-21-17-23(4-6-27(21)38-10-7-24(8-11-38)37-14-12-36(2)13-15-37)35-29-19-30(34-20-33-29)39-28(9-16-40-39)25-5-3-22(31)18-26(25)32/h3-6,17-20,24,28H,7-16H2,1-2H3,(H,33,34,35)/t28-/m1/s1. The second-order valence-corrected chi connectivity index (χ2v) is 11.1. The van der Waals surface area contributed by atoms with Crippen molar-refractivity contribution >= 4 is 23.0 Å². The monoisotopic (exact) mass is 549 g/mol. The zero-order chi connectivity index (χ0) is 27.6. The molecule has 4 heterocycles. The van der Waals surface area contributed by atoms with Gasteiger partial charge >= 0.3 is 0 Å². The number of nitrogens with zero attached hydrogens (tertiary/aromatic N) is 6. The normalized spacial score (nSPS) is 21.2. The molecule has 0 unspecified atom stereocenters. The molecule has 0 radical (unpaired) electrons. The highest BCUT2D eigenvalue weighted by Crippen LogP contribution is 2.36. The fourth-order valence-corrected chi connectivity index (χ4v) is 6.18. The lowest BCUT2D eigenvalue weighted by Crippen LogP contribution is -2.52. The zero-order valence-corrected chi connectivity index (χ0v) is 23.2. The number of benzene rings is 2. The van der Waals surface area contributed by atoms with Gasteiger partial charge < -0.3 is 15.1 Å². The van der Waals surface area contributed by atoms with Crippen LogP contribution in [0.4, 0.5) is 31.8 Å². The number of likely N-dealkylation sites (N-methyl/N-ethyl adjacent to an activating group) is 1. The van der Waals surface area contributed by atoms with E-state index in [0.717, 1.165) is 24.8 Å². The van der Waals surface area contributed by atoms with E-state index in [9.17, 15) is 8.78 Å². The Balaban J connectivity index is 1.10. The number of nitrogens with one attached hydrogen (secondary N) is 1. The van der Waals surface area contributed by atoms with E-state index in [2.05, 4.69) is 62.2 Å². The van der Waals surface area contributed by atoms with Gasteiger partial charge in [0.05, 0.1) is 12.6 Å². The van der Waals surface area contributed by atoms with Gasteiger partial charge in [-0.3, -0.25) is 9.74 Å². The van der Waals surface area contributed by atoms with Gasteiger partial charge in [0.2, 0.25) is 0 Å². The molecule has 1 aromatic heterocycles. The summed E-state index contributed by atoms with van der Waals surface area (Å²) in [7, 11) is 2.21. The van der Waals surface area contributed by atoms with Gasteiger partial charge in [0.25, 0.3) is 0 Å². The van der Waals surface area contributed by atoms with E-state index in [1.54, 1.807) is 11.1 Å². The van der Waals surface area contributed by atoms with E-state index in [0.29, 0.717) is 36.3 Å². The van der Waals surface area contributed by atoms with Crippen molar-refractivity contribution in [3.63, 3.8) is 0 Å². The molecule has 3 aliphatic heterocycles. The van der Waals surface area contributed by atoms with Crippen molar-refractivity contribution in [3.8, 4) is 0 Å². The number of hydrogen-bond acceptors (Lipinski definition) is 8. The van der Waals surface area contributed by atoms with Crippen LogP contribution in [-0.4, -0.2) is 78.7 Å². The van der Waals surface area contributed by atoms with Crippen molar-refractivity contribution in [2.45, 2.75) is 38.3 Å². The molecule has 0 bridgehead atoms. The highest BCUT2D eigenvalue weighted by molar-refractivity contribution is 5.65. The number of piperazine rings is 1. The Bertz CT molecular complexity index is 1330. The summed E-state index contributed by atoms with van der Waals surface area (Å²) >= 11 is 0. The predicted octanol–water partition coefficient (Wildman–Crippen LogP) is 4.91. The second-order valence-electron chi connectivity index (χ2n) is 11.1. The first kappa shape index (κ1) is 26.9. The van der Waals surface area contributed by atoms with Crippen LogP contribution in [0.5, 0.6) is 0 Å². The molecule has 3 fully saturated rings. The third kappa shape index (κ3) is 5.75. The van der Waals surface area contributed by atoms with Gasteiger partial charge in [0, 0.05) is 80.8 Å². The van der Waals surface area contributed by atoms with Crippen LogP contribution in [0.3, 0.4) is 0 Å². The maximum absolute atomic E-state index is 14.5. The minimum absolute atomic E-state index is 0.380. The van der Waals surface area contributed by atoms with Crippen LogP contribution in [0, 0.1) is 18.6 Å². The van der Waals surface area contributed by atoms with Crippen LogP contribution >= 0.6 is 0 Å². The molecule has 3 aliphatic rings. The Labute approximate surface area is 234 Å². The van der Waals surface area contributed by atoms with Gasteiger partial charge in [-0.05, 0) is 56.6 Å². The average Bonchev–Trinajstić information content (AvgIpc) is 3.44. The van der Waals surface area contributed by atoms with E-state index in [1.807, 2.05) is 0 Å². The van der Waals surface area contributed by atoms with E-state index in [1.165, 1.54) is 68.7 Å². The topological polar surface area (TPSA) is 60.0 Å². The van der Waals surface area contributed by atoms with E-state index in [-0.39, 0.29) is 0 Å². The van der Waals surface area contributed by atoms with E-state index in [4.69, 9.17) is 4.84 Å². The molecule has 40 heavy (non-hydrogen) atoms. The average molecular weight is 550 g/mol. The molecule has 0 aliphatic carbocycles. The first-order valence-electron chi connectivity index (χ1n) is 14.2. The number of aromatic nitrogens is 2. The third-order valence-electron chi connectivity index (χ3n) is 8.43. The number of rotatable bonds is 6. The quantitative estimate of drug-likeness (QED) is 0.466. The van der Waals surface area contributed by atoms with Gasteiger partial charge in [-0.15, -0.1) is 0 Å². The van der Waals surface area contributed by atoms with Crippen molar-refractivity contribution in [2.75, 3.05) is 68.2 Å². The summed E-state index contributed by atoms with van der Waals surface area (Å²) < 4.78 is 28.0. The van der Waals surface area contributed by atoms with Crippen molar-refractivity contribution in [1.82, 2.24) is 19.8 Å². The predicted molar refractivity (Wildman–Crippen MR) is 153 cm³/mol. The smallest absolute Gasteiger partial charge is 0.158 e. The van der Waals surface area contributed by atoms with Crippen LogP contribution in [0.1, 0.15) is 36.4 Å². The summed E-state index contributed by atoms with van der Waals surface area (Å²) in [5, 5.41) is 4.97. The van der Waals surface area contributed by atoms with Crippen LogP contribution in [0.25, 0.3) is 0 Å². The molecule has 3 saturated heterocycles. The fourth-order valence-electron chi connectivity index (χ4n) is 6.18. The van der Waals surface area contributed by atoms with Gasteiger partial charge in [0.15, 0.2) is 5.82 Å². The lowest BCUT2D eigenvalue weighted by Gasteiger charge is -2.43. The molecule has 1 N–H and O–H groups in total. The Hall–Kier alpha value is -3.34. The van der Waals surface area contributed by atoms with E-state index < -0.39 is 17.7 Å². The van der Waals surface area contributed by atoms with Crippen molar-refractivity contribution in [2.24, 2.45) is 0 Å². The molecule has 0 saturated carbocycles. The zero-order valence-electron chi connectivity index (χ0n) is 23.2. The molecule has 0 spiro atoms. The van der Waals surface area contributed by atoms with Gasteiger partial charge in [-0.2, -0.15) is 0 Å². The summed E-state index contributed by atoms with van der Waals surface area (Å²) in [6.45, 7) is 9.41. The Morgan fingerprint density at radius 1 is 0.900 bits per heavy atom. The van der Waals surface area contributed by atoms with Crippen LogP contribution in [0.15, 0.2) is 48.8 Å². The summed E-state index contributed by atoms with van der Waals surface area (Å²) in [5.74, 6) is -0.0667. The number of hydrogen-bond donors (Lipinski definition) is 1. The number of anilines is 4. The molecule has 212 valence electrons. The highest BCUT2D eigenvalue weighted by Gasteiger charge is 2.31. The minimum atomic E-state index is -0.600. The Morgan fingerprint density at radius 3 is 2.45 bits per heavy atom. The van der Waals surface area contributed by atoms with Crippen molar-refractivity contribution in [1.29, 1.82) is 0 Å². The molecule has 0 amide bonds. The van der Waals surface area contributed by atoms with Gasteiger partial charge in [-0.25, -0.2) is 23.8 Å². The lowest BCUT2D eigenvalue weighted by atomic mass is 10.0. The van der Waals surface area contributed by atoms with Gasteiger partial charge in [0.1, 0.15) is 23.8 Å². The molecule has 3 aromatic rings. The Kier molecular flexibility index (Phi) is 7.82. The largest absolute Gasteiger partial charge is 0.371 e. The summed E-state index contributed by atoms with van der Waals surface area (Å²) in [6, 6.07) is 12.1. The molecule has 6 rings (SSSR count). The summed E-state index contributed by atoms with van der Waals surface area (Å²) in [4.78, 5) is 22.1. The SMILES string of the molecule is Cc1cc(Nc2cc(N3OCC[C@@H]3c3ccc(F)cc3F)ncn2)ccc1N1CCC(N2CCN(C)CC2)CC1. The summed E-state index contributed by atoms with van der Waals surface area (Å²) in [5.41, 5.74) is 3.81. The number of piperidine rings is 1. The molecular formula is C30H37F2N7O. The molecule has 1 atom stereocenters. The third-order valence-corrected chi connectivity index (χ3v) is 8.43. The molecule has 8 nitrogen and oxygen atoms in total. The highest BCUT2D eigenvalue weighted by atomic mass is 19.1. The maximum Gasteiger partial charge on any atom is 0.158 e. The van der Waals surface area contributed by atoms with Crippen LogP contribution in [-0.2, 0) is 4.84 Å². The fraction of sp³-hybridized carbons (Fsp3) is 0.467. The van der Waals surface area contributed by atoms with E-state index >= 15 is 0 Å². The molecule has 2 aromatic carbocycles. The van der Waals surface area contributed by atoms with Crippen molar-refractivity contribution in [3.05, 3.63) is 71.6 Å². The number of halogens is 2. The number of aryl methyl sites for hydroxylation is 1. The molecular weight excluding hydrogens is 512 g/mol. The summed E-state index contributed by atoms with van der Waals surface area (Å²) in [6.07, 6.45) is 4.44. The van der Waals surface area contributed by atoms with Gasteiger partial charge in [-0.1, -0.05) is 6.07 Å².